The topological polar surface area (TPSA) is 40.5 Å². The summed E-state index contributed by atoms with van der Waals surface area (Å²) in [6, 6.07) is 9.25. The maximum Gasteiger partial charge on any atom is 0.109 e. The van der Waals surface area contributed by atoms with E-state index in [-0.39, 0.29) is 0 Å². The van der Waals surface area contributed by atoms with Gasteiger partial charge in [-0.3, -0.25) is 0 Å². The second-order valence-electron chi connectivity index (χ2n) is 3.98. The lowest BCUT2D eigenvalue weighted by atomic mass is 9.95. The molecule has 2 N–H and O–H groups in total. The minimum Gasteiger partial charge on any atom is -0.385 e. The van der Waals surface area contributed by atoms with E-state index < -0.39 is 12.2 Å². The predicted octanol–water partition coefficient (Wildman–Crippen LogP) is 2.36. The summed E-state index contributed by atoms with van der Waals surface area (Å²) >= 11 is 0. The summed E-state index contributed by atoms with van der Waals surface area (Å²) in [7, 11) is 0. The molecule has 16 heavy (non-hydrogen) atoms. The molecule has 0 saturated heterocycles. The van der Waals surface area contributed by atoms with Crippen molar-refractivity contribution >= 4 is 0 Å². The summed E-state index contributed by atoms with van der Waals surface area (Å²) in [5, 5.41) is 20.0. The minimum absolute atomic E-state index is 0.745. The van der Waals surface area contributed by atoms with Gasteiger partial charge in [-0.2, -0.15) is 0 Å². The highest BCUT2D eigenvalue weighted by Gasteiger charge is 2.21. The molecular weight excluding hydrogens is 200 g/mol. The van der Waals surface area contributed by atoms with Crippen LogP contribution < -0.4 is 0 Å². The Morgan fingerprint density at radius 3 is 2.31 bits per heavy atom. The molecule has 0 saturated carbocycles. The van der Waals surface area contributed by atoms with Crippen LogP contribution >= 0.6 is 0 Å². The quantitative estimate of drug-likeness (QED) is 0.814. The zero-order valence-corrected chi connectivity index (χ0v) is 9.08. The molecule has 2 rings (SSSR count). The molecule has 0 bridgehead atoms. The molecule has 0 unspecified atom stereocenters. The van der Waals surface area contributed by atoms with E-state index in [1.165, 1.54) is 0 Å². The van der Waals surface area contributed by atoms with Gasteiger partial charge in [0.2, 0.25) is 0 Å². The standard InChI is InChI=1S/C14H16O2/c15-13(11-7-3-1-4-8-11)14(16)12-9-5-2-6-10-12/h1,3-5,7-10,13-16H,2,6H2/t13-,14-/m1/s1. The van der Waals surface area contributed by atoms with E-state index in [1.807, 2.05) is 48.6 Å². The van der Waals surface area contributed by atoms with Crippen LogP contribution in [0.2, 0.25) is 0 Å². The van der Waals surface area contributed by atoms with E-state index in [2.05, 4.69) is 0 Å². The molecule has 1 aromatic carbocycles. The van der Waals surface area contributed by atoms with Crippen LogP contribution in [-0.2, 0) is 0 Å². The van der Waals surface area contributed by atoms with E-state index >= 15 is 0 Å². The van der Waals surface area contributed by atoms with Crippen LogP contribution in [0.5, 0.6) is 0 Å². The van der Waals surface area contributed by atoms with Gasteiger partial charge in [0.05, 0.1) is 0 Å². The molecule has 0 amide bonds. The van der Waals surface area contributed by atoms with Crippen LogP contribution in [0.15, 0.2) is 54.1 Å². The van der Waals surface area contributed by atoms with Gasteiger partial charge < -0.3 is 10.2 Å². The van der Waals surface area contributed by atoms with Gasteiger partial charge in [-0.25, -0.2) is 0 Å². The molecule has 1 aliphatic carbocycles. The van der Waals surface area contributed by atoms with Crippen molar-refractivity contribution in [2.75, 3.05) is 0 Å². The van der Waals surface area contributed by atoms with Gasteiger partial charge in [0, 0.05) is 0 Å². The van der Waals surface area contributed by atoms with E-state index in [1.54, 1.807) is 0 Å². The van der Waals surface area contributed by atoms with Crippen molar-refractivity contribution in [3.05, 3.63) is 59.7 Å². The van der Waals surface area contributed by atoms with E-state index in [0.717, 1.165) is 24.0 Å². The van der Waals surface area contributed by atoms with Gasteiger partial charge in [-0.05, 0) is 24.0 Å². The smallest absolute Gasteiger partial charge is 0.109 e. The predicted molar refractivity (Wildman–Crippen MR) is 63.9 cm³/mol. The molecule has 0 fully saturated rings. The Bertz CT molecular complexity index is 392. The van der Waals surface area contributed by atoms with Crippen LogP contribution in [-0.4, -0.2) is 16.3 Å². The number of hydrogen-bond acceptors (Lipinski definition) is 2. The average Bonchev–Trinajstić information content (AvgIpc) is 2.39. The number of benzene rings is 1. The fourth-order valence-corrected chi connectivity index (χ4v) is 1.87. The molecular formula is C14H16O2. The summed E-state index contributed by atoms with van der Waals surface area (Å²) in [6.07, 6.45) is 6.16. The van der Waals surface area contributed by atoms with Crippen molar-refractivity contribution in [2.45, 2.75) is 25.0 Å². The van der Waals surface area contributed by atoms with Crippen LogP contribution in [0.4, 0.5) is 0 Å². The molecule has 0 heterocycles. The molecule has 0 spiro atoms. The lowest BCUT2D eigenvalue weighted by molar-refractivity contribution is 0.0429. The fraction of sp³-hybridized carbons (Fsp3) is 0.286. The monoisotopic (exact) mass is 216 g/mol. The summed E-state index contributed by atoms with van der Waals surface area (Å²) in [4.78, 5) is 0. The Kier molecular flexibility index (Phi) is 3.54. The van der Waals surface area contributed by atoms with Crippen molar-refractivity contribution in [3.8, 4) is 0 Å². The van der Waals surface area contributed by atoms with Crippen LogP contribution in [0.1, 0.15) is 24.5 Å². The molecule has 1 aromatic rings. The van der Waals surface area contributed by atoms with Gasteiger partial charge >= 0.3 is 0 Å². The van der Waals surface area contributed by atoms with Crippen molar-refractivity contribution in [2.24, 2.45) is 0 Å². The molecule has 0 aliphatic heterocycles. The minimum atomic E-state index is -0.852. The van der Waals surface area contributed by atoms with Crippen molar-refractivity contribution in [1.82, 2.24) is 0 Å². The first kappa shape index (κ1) is 11.1. The second kappa shape index (κ2) is 5.10. The molecule has 0 radical (unpaired) electrons. The Morgan fingerprint density at radius 1 is 0.938 bits per heavy atom. The first-order chi connectivity index (χ1) is 7.79. The SMILES string of the molecule is O[C@H](C1=CCCC=C1)[C@H](O)c1ccccc1. The van der Waals surface area contributed by atoms with Gasteiger partial charge in [0.1, 0.15) is 12.2 Å². The lowest BCUT2D eigenvalue weighted by Crippen LogP contribution is -2.20. The fourth-order valence-electron chi connectivity index (χ4n) is 1.87. The van der Waals surface area contributed by atoms with Crippen molar-refractivity contribution < 1.29 is 10.2 Å². The molecule has 1 aliphatic rings. The average molecular weight is 216 g/mol. The van der Waals surface area contributed by atoms with Crippen molar-refractivity contribution in [3.63, 3.8) is 0 Å². The number of hydrogen-bond donors (Lipinski definition) is 2. The van der Waals surface area contributed by atoms with Gasteiger partial charge in [0.25, 0.3) is 0 Å². The lowest BCUT2D eigenvalue weighted by Gasteiger charge is -2.20. The van der Waals surface area contributed by atoms with Crippen molar-refractivity contribution in [1.29, 1.82) is 0 Å². The summed E-state index contributed by atoms with van der Waals surface area (Å²) in [5.41, 5.74) is 1.55. The first-order valence-electron chi connectivity index (χ1n) is 5.56. The Labute approximate surface area is 95.6 Å². The first-order valence-corrected chi connectivity index (χ1v) is 5.56. The third-order valence-corrected chi connectivity index (χ3v) is 2.81. The number of aliphatic hydroxyl groups is 2. The largest absolute Gasteiger partial charge is 0.385 e. The highest BCUT2D eigenvalue weighted by atomic mass is 16.3. The maximum atomic E-state index is 10.0. The summed E-state index contributed by atoms with van der Waals surface area (Å²) in [6.45, 7) is 0. The number of rotatable bonds is 3. The Balaban J connectivity index is 2.13. The molecule has 0 aromatic heterocycles. The third-order valence-electron chi connectivity index (χ3n) is 2.81. The molecule has 2 nitrogen and oxygen atoms in total. The van der Waals surface area contributed by atoms with Gasteiger partial charge in [-0.15, -0.1) is 0 Å². The Morgan fingerprint density at radius 2 is 1.69 bits per heavy atom. The summed E-state index contributed by atoms with van der Waals surface area (Å²) < 4.78 is 0. The Hall–Kier alpha value is -1.38. The van der Waals surface area contributed by atoms with Gasteiger partial charge in [-0.1, -0.05) is 48.6 Å². The molecule has 2 atom stereocenters. The number of aliphatic hydroxyl groups excluding tert-OH is 2. The number of allylic oxidation sites excluding steroid dienone is 2. The highest BCUT2D eigenvalue weighted by Crippen LogP contribution is 2.24. The van der Waals surface area contributed by atoms with E-state index in [9.17, 15) is 10.2 Å². The van der Waals surface area contributed by atoms with E-state index in [0.29, 0.717) is 0 Å². The van der Waals surface area contributed by atoms with Crippen LogP contribution in [0.25, 0.3) is 0 Å². The summed E-state index contributed by atoms with van der Waals surface area (Å²) in [5.74, 6) is 0. The third kappa shape index (κ3) is 2.40. The maximum absolute atomic E-state index is 10.0. The highest BCUT2D eigenvalue weighted by molar-refractivity contribution is 5.30. The molecule has 2 heteroatoms. The second-order valence-corrected chi connectivity index (χ2v) is 3.98. The normalized spacial score (nSPS) is 19.0. The zero-order valence-electron chi connectivity index (χ0n) is 9.08. The molecule has 84 valence electrons. The van der Waals surface area contributed by atoms with Crippen LogP contribution in [0, 0.1) is 0 Å². The van der Waals surface area contributed by atoms with Crippen LogP contribution in [0.3, 0.4) is 0 Å². The van der Waals surface area contributed by atoms with Gasteiger partial charge in [0.15, 0.2) is 0 Å². The van der Waals surface area contributed by atoms with E-state index in [4.69, 9.17) is 0 Å². The zero-order chi connectivity index (χ0) is 11.4.